The summed E-state index contributed by atoms with van der Waals surface area (Å²) in [6.07, 6.45) is 2.01. The molecule has 0 bridgehead atoms. The number of imidazole rings is 1. The Labute approximate surface area is 161 Å². The van der Waals surface area contributed by atoms with Gasteiger partial charge in [-0.2, -0.15) is 0 Å². The van der Waals surface area contributed by atoms with E-state index in [2.05, 4.69) is 32.0 Å². The third-order valence-electron chi connectivity index (χ3n) is 4.83. The SMILES string of the molecule is Cc1ccc(-c2c(CC(=O)O)sc3nc(-c4ccc(C)c(C)c4)cn23)cc1. The zero-order chi connectivity index (χ0) is 19.1. The van der Waals surface area contributed by atoms with E-state index in [1.807, 2.05) is 41.8 Å². The van der Waals surface area contributed by atoms with Crippen molar-refractivity contribution in [3.8, 4) is 22.5 Å². The molecule has 4 aromatic rings. The number of nitrogens with zero attached hydrogens (tertiary/aromatic N) is 2. The van der Waals surface area contributed by atoms with Gasteiger partial charge < -0.3 is 5.11 Å². The van der Waals surface area contributed by atoms with Crippen LogP contribution in [0.25, 0.3) is 27.5 Å². The Morgan fingerprint density at radius 1 is 1.04 bits per heavy atom. The van der Waals surface area contributed by atoms with Gasteiger partial charge in [0.25, 0.3) is 0 Å². The van der Waals surface area contributed by atoms with Gasteiger partial charge in [0.05, 0.1) is 17.8 Å². The molecule has 0 fully saturated rings. The maximum atomic E-state index is 11.3. The van der Waals surface area contributed by atoms with E-state index in [0.717, 1.165) is 32.4 Å². The number of hydrogen-bond donors (Lipinski definition) is 1. The van der Waals surface area contributed by atoms with Crippen molar-refractivity contribution in [2.75, 3.05) is 0 Å². The van der Waals surface area contributed by atoms with Gasteiger partial charge >= 0.3 is 5.97 Å². The molecule has 0 atom stereocenters. The maximum absolute atomic E-state index is 11.3. The fourth-order valence-electron chi connectivity index (χ4n) is 3.20. The highest BCUT2D eigenvalue weighted by molar-refractivity contribution is 7.17. The molecule has 2 aromatic heterocycles. The average Bonchev–Trinajstić information content (AvgIpc) is 3.15. The maximum Gasteiger partial charge on any atom is 0.308 e. The fraction of sp³-hybridized carbons (Fsp3) is 0.182. The number of benzene rings is 2. The van der Waals surface area contributed by atoms with E-state index in [-0.39, 0.29) is 6.42 Å². The second-order valence-corrected chi connectivity index (χ2v) is 7.95. The summed E-state index contributed by atoms with van der Waals surface area (Å²) in [4.78, 5) is 17.7. The number of carboxylic acids is 1. The molecule has 136 valence electrons. The minimum Gasteiger partial charge on any atom is -0.481 e. The van der Waals surface area contributed by atoms with Crippen LogP contribution in [0.2, 0.25) is 0 Å². The molecule has 0 amide bonds. The van der Waals surface area contributed by atoms with E-state index in [4.69, 9.17) is 4.98 Å². The van der Waals surface area contributed by atoms with Gasteiger partial charge in [-0.3, -0.25) is 9.20 Å². The molecule has 0 saturated heterocycles. The normalized spacial score (nSPS) is 11.2. The summed E-state index contributed by atoms with van der Waals surface area (Å²) in [6, 6.07) is 14.5. The molecule has 0 saturated carbocycles. The van der Waals surface area contributed by atoms with E-state index >= 15 is 0 Å². The fourth-order valence-corrected chi connectivity index (χ4v) is 4.31. The Balaban J connectivity index is 1.89. The third kappa shape index (κ3) is 3.26. The van der Waals surface area contributed by atoms with Crippen molar-refractivity contribution < 1.29 is 9.90 Å². The van der Waals surface area contributed by atoms with Crippen LogP contribution >= 0.6 is 11.3 Å². The number of carbonyl (C=O) groups is 1. The number of aryl methyl sites for hydroxylation is 3. The molecule has 2 aromatic carbocycles. The summed E-state index contributed by atoms with van der Waals surface area (Å²) in [5, 5.41) is 9.31. The van der Waals surface area contributed by atoms with Crippen LogP contribution in [0.3, 0.4) is 0 Å². The highest BCUT2D eigenvalue weighted by Gasteiger charge is 2.19. The predicted octanol–water partition coefficient (Wildman–Crippen LogP) is 5.28. The van der Waals surface area contributed by atoms with Crippen LogP contribution in [0.5, 0.6) is 0 Å². The molecule has 5 heteroatoms. The highest BCUT2D eigenvalue weighted by atomic mass is 32.1. The number of carboxylic acid groups (broad SMARTS) is 1. The van der Waals surface area contributed by atoms with Crippen LogP contribution < -0.4 is 0 Å². The summed E-state index contributed by atoms with van der Waals surface area (Å²) in [7, 11) is 0. The van der Waals surface area contributed by atoms with E-state index in [1.165, 1.54) is 28.0 Å². The lowest BCUT2D eigenvalue weighted by molar-refractivity contribution is -0.136. The van der Waals surface area contributed by atoms with Gasteiger partial charge in [0, 0.05) is 16.6 Å². The van der Waals surface area contributed by atoms with Crippen molar-refractivity contribution in [2.24, 2.45) is 0 Å². The molecule has 0 aliphatic carbocycles. The summed E-state index contributed by atoms with van der Waals surface area (Å²) in [6.45, 7) is 6.23. The molecule has 0 spiro atoms. The van der Waals surface area contributed by atoms with Crippen molar-refractivity contribution >= 4 is 22.3 Å². The molecule has 0 unspecified atom stereocenters. The predicted molar refractivity (Wildman–Crippen MR) is 109 cm³/mol. The van der Waals surface area contributed by atoms with Crippen molar-refractivity contribution in [1.29, 1.82) is 0 Å². The first-order chi connectivity index (χ1) is 12.9. The molecule has 4 nitrogen and oxygen atoms in total. The number of rotatable bonds is 4. The highest BCUT2D eigenvalue weighted by Crippen LogP contribution is 2.34. The Morgan fingerprint density at radius 3 is 2.41 bits per heavy atom. The van der Waals surface area contributed by atoms with Crippen molar-refractivity contribution in [2.45, 2.75) is 27.2 Å². The third-order valence-corrected chi connectivity index (χ3v) is 5.89. The topological polar surface area (TPSA) is 54.6 Å². The lowest BCUT2D eigenvalue weighted by atomic mass is 10.0. The largest absolute Gasteiger partial charge is 0.481 e. The second-order valence-electron chi connectivity index (χ2n) is 6.89. The molecular formula is C22H20N2O2S. The Hall–Kier alpha value is -2.92. The van der Waals surface area contributed by atoms with Gasteiger partial charge in [0.2, 0.25) is 0 Å². The van der Waals surface area contributed by atoms with E-state index < -0.39 is 5.97 Å². The molecule has 0 radical (unpaired) electrons. The van der Waals surface area contributed by atoms with Crippen molar-refractivity contribution in [3.63, 3.8) is 0 Å². The summed E-state index contributed by atoms with van der Waals surface area (Å²) >= 11 is 1.45. The Bertz CT molecular complexity index is 1150. The van der Waals surface area contributed by atoms with Crippen LogP contribution in [0.4, 0.5) is 0 Å². The summed E-state index contributed by atoms with van der Waals surface area (Å²) in [5.74, 6) is -0.831. The average molecular weight is 376 g/mol. The van der Waals surface area contributed by atoms with Crippen LogP contribution in [0, 0.1) is 20.8 Å². The lowest BCUT2D eigenvalue weighted by Crippen LogP contribution is -2.00. The zero-order valence-corrected chi connectivity index (χ0v) is 16.3. The van der Waals surface area contributed by atoms with Gasteiger partial charge in [-0.05, 0) is 43.5 Å². The van der Waals surface area contributed by atoms with E-state index in [0.29, 0.717) is 0 Å². The zero-order valence-electron chi connectivity index (χ0n) is 15.5. The van der Waals surface area contributed by atoms with Gasteiger partial charge in [0.1, 0.15) is 0 Å². The number of hydrogen-bond acceptors (Lipinski definition) is 3. The molecule has 1 N–H and O–H groups in total. The number of thiazole rings is 1. The van der Waals surface area contributed by atoms with Crippen LogP contribution in [0.15, 0.2) is 48.7 Å². The Morgan fingerprint density at radius 2 is 1.74 bits per heavy atom. The van der Waals surface area contributed by atoms with Crippen molar-refractivity contribution in [1.82, 2.24) is 9.38 Å². The van der Waals surface area contributed by atoms with E-state index in [1.54, 1.807) is 0 Å². The molecule has 0 aliphatic heterocycles. The van der Waals surface area contributed by atoms with Gasteiger partial charge in [-0.1, -0.05) is 42.0 Å². The van der Waals surface area contributed by atoms with Crippen molar-refractivity contribution in [3.05, 3.63) is 70.2 Å². The van der Waals surface area contributed by atoms with Crippen LogP contribution in [-0.4, -0.2) is 20.5 Å². The molecule has 0 aliphatic rings. The summed E-state index contributed by atoms with van der Waals surface area (Å²) < 4.78 is 2.03. The van der Waals surface area contributed by atoms with Crippen LogP contribution in [-0.2, 0) is 11.2 Å². The molecule has 2 heterocycles. The molecule has 27 heavy (non-hydrogen) atoms. The molecule has 4 rings (SSSR count). The second kappa shape index (κ2) is 6.67. The first kappa shape index (κ1) is 17.5. The molecular weight excluding hydrogens is 356 g/mol. The standard InChI is InChI=1S/C22H20N2O2S/c1-13-4-7-16(8-5-13)21-19(11-20(25)26)27-22-23-18(12-24(21)22)17-9-6-14(2)15(3)10-17/h4-10,12H,11H2,1-3H3,(H,25,26). The number of aliphatic carboxylic acids is 1. The summed E-state index contributed by atoms with van der Waals surface area (Å²) in [5.41, 5.74) is 7.56. The van der Waals surface area contributed by atoms with E-state index in [9.17, 15) is 9.90 Å². The number of fused-ring (bicyclic) bond motifs is 1. The lowest BCUT2D eigenvalue weighted by Gasteiger charge is -2.05. The minimum atomic E-state index is -0.831. The van der Waals surface area contributed by atoms with Gasteiger partial charge in [-0.25, -0.2) is 4.98 Å². The minimum absolute atomic E-state index is 0.00376. The van der Waals surface area contributed by atoms with Gasteiger partial charge in [-0.15, -0.1) is 11.3 Å². The van der Waals surface area contributed by atoms with Crippen LogP contribution in [0.1, 0.15) is 21.6 Å². The monoisotopic (exact) mass is 376 g/mol. The quantitative estimate of drug-likeness (QED) is 0.527. The Kier molecular flexibility index (Phi) is 4.32. The number of aromatic nitrogens is 2. The van der Waals surface area contributed by atoms with Gasteiger partial charge in [0.15, 0.2) is 4.96 Å². The first-order valence-electron chi connectivity index (χ1n) is 8.79. The first-order valence-corrected chi connectivity index (χ1v) is 9.61. The smallest absolute Gasteiger partial charge is 0.308 e.